The van der Waals surface area contributed by atoms with E-state index < -0.39 is 0 Å². The lowest BCUT2D eigenvalue weighted by Gasteiger charge is -2.31. The van der Waals surface area contributed by atoms with Gasteiger partial charge in [-0.3, -0.25) is 9.59 Å². The van der Waals surface area contributed by atoms with Gasteiger partial charge in [0.15, 0.2) is 0 Å². The number of rotatable bonds is 2. The Morgan fingerprint density at radius 3 is 2.38 bits per heavy atom. The smallest absolute Gasteiger partial charge is 0.256 e. The molecule has 2 fully saturated rings. The minimum absolute atomic E-state index is 0.0947. The van der Waals surface area contributed by atoms with Crippen LogP contribution in [0.1, 0.15) is 41.7 Å². The average Bonchev–Trinajstić information content (AvgIpc) is 2.78. The predicted octanol–water partition coefficient (Wildman–Crippen LogP) is 2.96. The van der Waals surface area contributed by atoms with Gasteiger partial charge in [-0.2, -0.15) is 0 Å². The summed E-state index contributed by atoms with van der Waals surface area (Å²) in [5, 5.41) is 1.02. The zero-order valence-electron chi connectivity index (χ0n) is 15.7. The first-order valence-corrected chi connectivity index (χ1v) is 9.70. The van der Waals surface area contributed by atoms with E-state index in [9.17, 15) is 9.59 Å². The fraction of sp³-hybridized carbons (Fsp3) is 0.524. The summed E-state index contributed by atoms with van der Waals surface area (Å²) < 4.78 is 2.09. The molecule has 5 heteroatoms. The lowest BCUT2D eigenvalue weighted by atomic mass is 9.84. The van der Waals surface area contributed by atoms with Crippen molar-refractivity contribution in [2.75, 3.05) is 26.2 Å². The lowest BCUT2D eigenvalue weighted by molar-refractivity contribution is -0.138. The van der Waals surface area contributed by atoms with E-state index in [0.717, 1.165) is 54.5 Å². The number of carbonyl (C=O) groups excluding carboxylic acids is 2. The Labute approximate surface area is 154 Å². The Hall–Kier alpha value is -2.30. The molecule has 1 aromatic carbocycles. The van der Waals surface area contributed by atoms with Crippen LogP contribution in [0.2, 0.25) is 0 Å². The van der Waals surface area contributed by atoms with Crippen molar-refractivity contribution in [1.29, 1.82) is 0 Å². The second-order valence-corrected chi connectivity index (χ2v) is 7.64. The minimum Gasteiger partial charge on any atom is -0.347 e. The van der Waals surface area contributed by atoms with Crippen LogP contribution >= 0.6 is 0 Å². The molecule has 0 unspecified atom stereocenters. The zero-order valence-corrected chi connectivity index (χ0v) is 15.7. The summed E-state index contributed by atoms with van der Waals surface area (Å²) in [4.78, 5) is 29.7. The zero-order chi connectivity index (χ0) is 18.3. The predicted molar refractivity (Wildman–Crippen MR) is 102 cm³/mol. The molecule has 1 saturated heterocycles. The molecule has 138 valence electrons. The van der Waals surface area contributed by atoms with Gasteiger partial charge in [0.25, 0.3) is 5.91 Å². The van der Waals surface area contributed by atoms with E-state index in [2.05, 4.69) is 10.6 Å². The third kappa shape index (κ3) is 2.79. The highest BCUT2D eigenvalue weighted by Crippen LogP contribution is 2.29. The summed E-state index contributed by atoms with van der Waals surface area (Å²) in [5.74, 6) is 0.627. The molecule has 1 aliphatic heterocycles. The van der Waals surface area contributed by atoms with E-state index in [1.165, 1.54) is 6.42 Å². The molecule has 26 heavy (non-hydrogen) atoms. The maximum Gasteiger partial charge on any atom is 0.256 e. The van der Waals surface area contributed by atoms with Crippen LogP contribution in [0.15, 0.2) is 24.3 Å². The summed E-state index contributed by atoms with van der Waals surface area (Å²) in [7, 11) is 2.01. The topological polar surface area (TPSA) is 45.6 Å². The molecular weight excluding hydrogens is 326 g/mol. The number of amides is 2. The highest BCUT2D eigenvalue weighted by atomic mass is 16.2. The second kappa shape index (κ2) is 6.78. The van der Waals surface area contributed by atoms with Gasteiger partial charge in [0, 0.05) is 55.7 Å². The number of aromatic nitrogens is 1. The fourth-order valence-electron chi connectivity index (χ4n) is 4.20. The highest BCUT2D eigenvalue weighted by molar-refractivity contribution is 6.08. The SMILES string of the molecule is Cc1c(C(=O)N2CCCN(C(=O)C3CCC3)CC2)c2ccccc2n1C. The number of fused-ring (bicyclic) bond motifs is 1. The minimum atomic E-state index is 0.0947. The standard InChI is InChI=1S/C21H27N3O2/c1-15-19(17-9-3-4-10-18(17)22(15)2)21(26)24-12-6-11-23(13-14-24)20(25)16-7-5-8-16/h3-4,9-10,16H,5-8,11-14H2,1-2H3. The van der Waals surface area contributed by atoms with Gasteiger partial charge >= 0.3 is 0 Å². The molecule has 0 N–H and O–H groups in total. The van der Waals surface area contributed by atoms with Crippen molar-refractivity contribution in [3.8, 4) is 0 Å². The molecule has 1 aliphatic carbocycles. The molecule has 0 spiro atoms. The Balaban J connectivity index is 1.54. The van der Waals surface area contributed by atoms with E-state index in [4.69, 9.17) is 0 Å². The molecule has 2 aliphatic rings. The number of para-hydroxylation sites is 1. The van der Waals surface area contributed by atoms with Gasteiger partial charge in [0.2, 0.25) is 5.91 Å². The monoisotopic (exact) mass is 353 g/mol. The van der Waals surface area contributed by atoms with Gasteiger partial charge in [-0.15, -0.1) is 0 Å². The first-order valence-electron chi connectivity index (χ1n) is 9.70. The Morgan fingerprint density at radius 2 is 1.65 bits per heavy atom. The summed E-state index contributed by atoms with van der Waals surface area (Å²) >= 11 is 0. The van der Waals surface area contributed by atoms with Crippen LogP contribution in [-0.4, -0.2) is 52.4 Å². The highest BCUT2D eigenvalue weighted by Gasteiger charge is 2.31. The largest absolute Gasteiger partial charge is 0.347 e. The Bertz CT molecular complexity index is 850. The molecule has 2 amide bonds. The number of hydrogen-bond donors (Lipinski definition) is 0. The number of nitrogens with zero attached hydrogens (tertiary/aromatic N) is 3. The van der Waals surface area contributed by atoms with E-state index in [1.54, 1.807) is 0 Å². The van der Waals surface area contributed by atoms with E-state index in [1.807, 2.05) is 42.0 Å². The third-order valence-corrected chi connectivity index (χ3v) is 6.16. The van der Waals surface area contributed by atoms with Crippen molar-refractivity contribution >= 4 is 22.7 Å². The van der Waals surface area contributed by atoms with Crippen molar-refractivity contribution < 1.29 is 9.59 Å². The van der Waals surface area contributed by atoms with Gasteiger partial charge in [-0.05, 0) is 32.3 Å². The summed E-state index contributed by atoms with van der Waals surface area (Å²) in [6.45, 7) is 4.78. The van der Waals surface area contributed by atoms with E-state index in [-0.39, 0.29) is 11.8 Å². The molecule has 2 aromatic rings. The number of carbonyl (C=O) groups is 2. The van der Waals surface area contributed by atoms with Crippen molar-refractivity contribution in [2.24, 2.45) is 13.0 Å². The van der Waals surface area contributed by atoms with Crippen LogP contribution in [0.3, 0.4) is 0 Å². The van der Waals surface area contributed by atoms with Crippen LogP contribution in [0.4, 0.5) is 0 Å². The van der Waals surface area contributed by atoms with Crippen molar-refractivity contribution in [1.82, 2.24) is 14.4 Å². The normalized spacial score (nSPS) is 18.7. The Kier molecular flexibility index (Phi) is 4.47. The molecule has 4 rings (SSSR count). The van der Waals surface area contributed by atoms with Gasteiger partial charge in [-0.1, -0.05) is 24.6 Å². The average molecular weight is 353 g/mol. The van der Waals surface area contributed by atoms with Crippen LogP contribution in [0.25, 0.3) is 10.9 Å². The van der Waals surface area contributed by atoms with Crippen molar-refractivity contribution in [2.45, 2.75) is 32.6 Å². The molecule has 0 atom stereocenters. The molecule has 0 radical (unpaired) electrons. The summed E-state index contributed by atoms with van der Waals surface area (Å²) in [6, 6.07) is 8.08. The van der Waals surface area contributed by atoms with Gasteiger partial charge < -0.3 is 14.4 Å². The molecule has 5 nitrogen and oxygen atoms in total. The van der Waals surface area contributed by atoms with Crippen molar-refractivity contribution in [3.05, 3.63) is 35.5 Å². The van der Waals surface area contributed by atoms with Crippen LogP contribution < -0.4 is 0 Å². The summed E-state index contributed by atoms with van der Waals surface area (Å²) in [6.07, 6.45) is 4.10. The van der Waals surface area contributed by atoms with Gasteiger partial charge in [0.1, 0.15) is 0 Å². The number of aryl methyl sites for hydroxylation is 1. The number of benzene rings is 1. The lowest BCUT2D eigenvalue weighted by Crippen LogP contribution is -2.41. The van der Waals surface area contributed by atoms with Gasteiger partial charge in [0.05, 0.1) is 5.56 Å². The molecule has 1 aromatic heterocycles. The molecule has 2 heterocycles. The van der Waals surface area contributed by atoms with Crippen molar-refractivity contribution in [3.63, 3.8) is 0 Å². The molecule has 1 saturated carbocycles. The third-order valence-electron chi connectivity index (χ3n) is 6.16. The second-order valence-electron chi connectivity index (χ2n) is 7.64. The van der Waals surface area contributed by atoms with Crippen LogP contribution in [-0.2, 0) is 11.8 Å². The first-order chi connectivity index (χ1) is 12.6. The summed E-state index contributed by atoms with van der Waals surface area (Å²) in [5.41, 5.74) is 2.90. The number of hydrogen-bond acceptors (Lipinski definition) is 2. The fourth-order valence-corrected chi connectivity index (χ4v) is 4.20. The van der Waals surface area contributed by atoms with Crippen LogP contribution in [0.5, 0.6) is 0 Å². The van der Waals surface area contributed by atoms with E-state index in [0.29, 0.717) is 19.0 Å². The molecule has 0 bridgehead atoms. The molecular formula is C21H27N3O2. The maximum absolute atomic E-state index is 13.3. The van der Waals surface area contributed by atoms with E-state index >= 15 is 0 Å². The maximum atomic E-state index is 13.3. The van der Waals surface area contributed by atoms with Crippen LogP contribution in [0, 0.1) is 12.8 Å². The quantitative estimate of drug-likeness (QED) is 0.833. The Morgan fingerprint density at radius 1 is 0.962 bits per heavy atom. The van der Waals surface area contributed by atoms with Gasteiger partial charge in [-0.25, -0.2) is 0 Å². The first kappa shape index (κ1) is 17.1.